The minimum atomic E-state index is -0.536. The van der Waals surface area contributed by atoms with E-state index >= 15 is 0 Å². The van der Waals surface area contributed by atoms with Gasteiger partial charge in [-0.05, 0) is 12.0 Å². The van der Waals surface area contributed by atoms with Gasteiger partial charge in [0.1, 0.15) is 0 Å². The molecule has 4 nitrogen and oxygen atoms in total. The average molecular weight is 264 g/mol. The van der Waals surface area contributed by atoms with Crippen molar-refractivity contribution in [1.29, 1.82) is 0 Å². The fraction of sp³-hybridized carbons (Fsp3) is 0.400. The summed E-state index contributed by atoms with van der Waals surface area (Å²) < 4.78 is 4.82. The van der Waals surface area contributed by atoms with Crippen molar-refractivity contribution in [2.45, 2.75) is 12.3 Å². The first-order chi connectivity index (χ1) is 9.24. The minimum Gasteiger partial charge on any atom is -0.469 e. The number of hydrogen-bond acceptors (Lipinski definition) is 4. The van der Waals surface area contributed by atoms with Crippen molar-refractivity contribution in [3.05, 3.63) is 48.0 Å². The number of aliphatic hydroxyl groups is 2. The van der Waals surface area contributed by atoms with Crippen LogP contribution in [0.15, 0.2) is 42.5 Å². The summed E-state index contributed by atoms with van der Waals surface area (Å²) >= 11 is 0. The molecule has 19 heavy (non-hydrogen) atoms. The quantitative estimate of drug-likeness (QED) is 0.578. The van der Waals surface area contributed by atoms with Crippen LogP contribution in [0.1, 0.15) is 17.9 Å². The van der Waals surface area contributed by atoms with Gasteiger partial charge in [-0.1, -0.05) is 42.5 Å². The van der Waals surface area contributed by atoms with Crippen LogP contribution in [0, 0.1) is 5.92 Å². The molecule has 1 aromatic carbocycles. The highest BCUT2D eigenvalue weighted by Crippen LogP contribution is 2.27. The molecule has 0 aliphatic carbocycles. The van der Waals surface area contributed by atoms with Gasteiger partial charge in [0, 0.05) is 12.5 Å². The Morgan fingerprint density at radius 2 is 2.00 bits per heavy atom. The third-order valence-electron chi connectivity index (χ3n) is 2.93. The highest BCUT2D eigenvalue weighted by molar-refractivity contribution is 5.78. The van der Waals surface area contributed by atoms with E-state index in [-0.39, 0.29) is 25.1 Å². The first-order valence-electron chi connectivity index (χ1n) is 6.25. The number of aliphatic hydroxyl groups excluding tert-OH is 2. The van der Waals surface area contributed by atoms with Crippen molar-refractivity contribution >= 4 is 5.97 Å². The summed E-state index contributed by atoms with van der Waals surface area (Å²) in [6.07, 6.45) is 4.02. The molecule has 104 valence electrons. The van der Waals surface area contributed by atoms with Gasteiger partial charge in [-0.3, -0.25) is 4.79 Å². The molecule has 0 aliphatic rings. The fourth-order valence-electron chi connectivity index (χ4n) is 1.97. The SMILES string of the molecule is COC(=O)[C@@H](c1ccccc1)C(/C=C/CCO)CO. The second-order valence-corrected chi connectivity index (χ2v) is 4.20. The number of carbonyl (C=O) groups is 1. The molecule has 0 aromatic heterocycles. The maximum atomic E-state index is 11.9. The number of benzene rings is 1. The Hall–Kier alpha value is -1.65. The molecule has 1 aromatic rings. The van der Waals surface area contributed by atoms with Gasteiger partial charge >= 0.3 is 5.97 Å². The van der Waals surface area contributed by atoms with Gasteiger partial charge < -0.3 is 14.9 Å². The zero-order valence-corrected chi connectivity index (χ0v) is 11.0. The van der Waals surface area contributed by atoms with E-state index in [4.69, 9.17) is 9.84 Å². The molecule has 0 saturated carbocycles. The van der Waals surface area contributed by atoms with Gasteiger partial charge in [-0.25, -0.2) is 0 Å². The topological polar surface area (TPSA) is 66.8 Å². The Morgan fingerprint density at radius 3 is 2.53 bits per heavy atom. The van der Waals surface area contributed by atoms with E-state index in [1.807, 2.05) is 30.3 Å². The lowest BCUT2D eigenvalue weighted by Crippen LogP contribution is -2.24. The Labute approximate surface area is 113 Å². The molecule has 0 radical (unpaired) electrons. The van der Waals surface area contributed by atoms with Crippen molar-refractivity contribution in [1.82, 2.24) is 0 Å². The normalized spacial score (nSPS) is 14.3. The molecule has 0 amide bonds. The summed E-state index contributed by atoms with van der Waals surface area (Å²) in [6, 6.07) is 9.23. The third kappa shape index (κ3) is 4.50. The van der Waals surface area contributed by atoms with E-state index in [1.165, 1.54) is 7.11 Å². The summed E-state index contributed by atoms with van der Waals surface area (Å²) in [5.74, 6) is -1.27. The lowest BCUT2D eigenvalue weighted by atomic mass is 9.86. The van der Waals surface area contributed by atoms with Crippen molar-refractivity contribution in [2.24, 2.45) is 5.92 Å². The summed E-state index contributed by atoms with van der Waals surface area (Å²) in [6.45, 7) is -0.112. The van der Waals surface area contributed by atoms with Crippen LogP contribution in [0.3, 0.4) is 0 Å². The zero-order chi connectivity index (χ0) is 14.1. The van der Waals surface area contributed by atoms with E-state index in [0.29, 0.717) is 6.42 Å². The molecule has 2 atom stereocenters. The van der Waals surface area contributed by atoms with Gasteiger partial charge in [-0.2, -0.15) is 0 Å². The van der Waals surface area contributed by atoms with E-state index in [2.05, 4.69) is 0 Å². The third-order valence-corrected chi connectivity index (χ3v) is 2.93. The fourth-order valence-corrected chi connectivity index (χ4v) is 1.97. The molecule has 0 bridgehead atoms. The lowest BCUT2D eigenvalue weighted by Gasteiger charge is -2.21. The highest BCUT2D eigenvalue weighted by atomic mass is 16.5. The van der Waals surface area contributed by atoms with Crippen molar-refractivity contribution in [3.8, 4) is 0 Å². The molecule has 1 rings (SSSR count). The van der Waals surface area contributed by atoms with Gasteiger partial charge in [0.15, 0.2) is 0 Å². The summed E-state index contributed by atoms with van der Waals surface area (Å²) in [5, 5.41) is 18.2. The predicted molar refractivity (Wildman–Crippen MR) is 72.6 cm³/mol. The second kappa shape index (κ2) is 8.45. The Bertz CT molecular complexity index is 400. The number of methoxy groups -OCH3 is 1. The van der Waals surface area contributed by atoms with E-state index in [9.17, 15) is 9.90 Å². The van der Waals surface area contributed by atoms with Gasteiger partial charge in [0.25, 0.3) is 0 Å². The monoisotopic (exact) mass is 264 g/mol. The Morgan fingerprint density at radius 1 is 1.32 bits per heavy atom. The summed E-state index contributed by atoms with van der Waals surface area (Å²) in [7, 11) is 1.34. The zero-order valence-electron chi connectivity index (χ0n) is 11.0. The molecule has 2 N–H and O–H groups in total. The van der Waals surface area contributed by atoms with Crippen LogP contribution in [0.25, 0.3) is 0 Å². The largest absolute Gasteiger partial charge is 0.469 e. The highest BCUT2D eigenvalue weighted by Gasteiger charge is 2.28. The Kier molecular flexibility index (Phi) is 6.85. The van der Waals surface area contributed by atoms with Gasteiger partial charge in [0.2, 0.25) is 0 Å². The number of hydrogen-bond donors (Lipinski definition) is 2. The molecular formula is C15H20O4. The van der Waals surface area contributed by atoms with Crippen LogP contribution in [0.2, 0.25) is 0 Å². The molecular weight excluding hydrogens is 244 g/mol. The van der Waals surface area contributed by atoms with Crippen LogP contribution < -0.4 is 0 Å². The lowest BCUT2D eigenvalue weighted by molar-refractivity contribution is -0.143. The van der Waals surface area contributed by atoms with Crippen LogP contribution >= 0.6 is 0 Å². The van der Waals surface area contributed by atoms with Crippen LogP contribution in [-0.4, -0.2) is 36.5 Å². The molecule has 0 fully saturated rings. The molecule has 0 spiro atoms. The van der Waals surface area contributed by atoms with Crippen molar-refractivity contribution in [3.63, 3.8) is 0 Å². The maximum absolute atomic E-state index is 11.9. The molecule has 4 heteroatoms. The van der Waals surface area contributed by atoms with Crippen molar-refractivity contribution < 1.29 is 19.7 Å². The van der Waals surface area contributed by atoms with Crippen LogP contribution in [0.4, 0.5) is 0 Å². The second-order valence-electron chi connectivity index (χ2n) is 4.20. The van der Waals surface area contributed by atoms with Gasteiger partial charge in [-0.15, -0.1) is 0 Å². The molecule has 0 aliphatic heterocycles. The Balaban J connectivity index is 2.98. The first-order valence-corrected chi connectivity index (χ1v) is 6.25. The standard InChI is InChI=1S/C15H20O4/c1-19-15(18)14(12-7-3-2-4-8-12)13(11-17)9-5-6-10-16/h2-5,7-9,13-14,16-17H,6,10-11H2,1H3/b9-5+/t13?,14-/m0/s1. The first kappa shape index (κ1) is 15.4. The number of esters is 1. The van der Waals surface area contributed by atoms with E-state index < -0.39 is 5.92 Å². The number of ether oxygens (including phenoxy) is 1. The molecule has 0 saturated heterocycles. The number of carbonyl (C=O) groups excluding carboxylic acids is 1. The van der Waals surface area contributed by atoms with E-state index in [1.54, 1.807) is 12.2 Å². The van der Waals surface area contributed by atoms with Crippen molar-refractivity contribution in [2.75, 3.05) is 20.3 Å². The van der Waals surface area contributed by atoms with Gasteiger partial charge in [0.05, 0.1) is 19.6 Å². The number of rotatable bonds is 7. The maximum Gasteiger partial charge on any atom is 0.313 e. The van der Waals surface area contributed by atoms with Crippen LogP contribution in [-0.2, 0) is 9.53 Å². The minimum absolute atomic E-state index is 0.0445. The average Bonchev–Trinajstić information content (AvgIpc) is 2.47. The smallest absolute Gasteiger partial charge is 0.313 e. The summed E-state index contributed by atoms with van der Waals surface area (Å²) in [4.78, 5) is 11.9. The summed E-state index contributed by atoms with van der Waals surface area (Å²) in [5.41, 5.74) is 0.807. The molecule has 1 unspecified atom stereocenters. The predicted octanol–water partition coefficient (Wildman–Crippen LogP) is 1.49. The molecule has 0 heterocycles. The van der Waals surface area contributed by atoms with E-state index in [0.717, 1.165) is 5.56 Å². The van der Waals surface area contributed by atoms with Crippen LogP contribution in [0.5, 0.6) is 0 Å².